The SMILES string of the molecule is CC(C)(C)C(O)(CN)Cc1ccc(F)cc1Cl. The second kappa shape index (κ2) is 4.92. The third kappa shape index (κ3) is 3.18. The molecule has 0 heterocycles. The molecule has 3 N–H and O–H groups in total. The van der Waals surface area contributed by atoms with Crippen molar-refractivity contribution in [3.05, 3.63) is 34.6 Å². The Balaban J connectivity index is 3.03. The summed E-state index contributed by atoms with van der Waals surface area (Å²) >= 11 is 5.95. The van der Waals surface area contributed by atoms with Crippen LogP contribution in [0, 0.1) is 11.2 Å². The first kappa shape index (κ1) is 14.4. The van der Waals surface area contributed by atoms with Gasteiger partial charge in [0.05, 0.1) is 5.60 Å². The molecule has 1 aromatic carbocycles. The van der Waals surface area contributed by atoms with Gasteiger partial charge in [0.25, 0.3) is 0 Å². The number of benzene rings is 1. The van der Waals surface area contributed by atoms with Crippen LogP contribution in [0.15, 0.2) is 18.2 Å². The van der Waals surface area contributed by atoms with Gasteiger partial charge in [0.1, 0.15) is 5.82 Å². The minimum atomic E-state index is -1.06. The highest BCUT2D eigenvalue weighted by Crippen LogP contribution is 2.34. The quantitative estimate of drug-likeness (QED) is 0.877. The minimum Gasteiger partial charge on any atom is -0.388 e. The van der Waals surface area contributed by atoms with E-state index in [0.29, 0.717) is 17.0 Å². The summed E-state index contributed by atoms with van der Waals surface area (Å²) in [7, 11) is 0. The zero-order valence-corrected chi connectivity index (χ0v) is 11.2. The summed E-state index contributed by atoms with van der Waals surface area (Å²) in [6, 6.07) is 4.17. The second-order valence-electron chi connectivity index (χ2n) is 5.40. The number of nitrogens with two attached hydrogens (primary N) is 1. The van der Waals surface area contributed by atoms with Crippen molar-refractivity contribution in [2.45, 2.75) is 32.8 Å². The molecule has 1 unspecified atom stereocenters. The number of hydrogen-bond donors (Lipinski definition) is 2. The van der Waals surface area contributed by atoms with Gasteiger partial charge in [0.15, 0.2) is 0 Å². The average molecular weight is 260 g/mol. The smallest absolute Gasteiger partial charge is 0.124 e. The molecule has 4 heteroatoms. The molecule has 0 spiro atoms. The maximum Gasteiger partial charge on any atom is 0.124 e. The third-order valence-corrected chi connectivity index (χ3v) is 3.58. The van der Waals surface area contributed by atoms with Gasteiger partial charge >= 0.3 is 0 Å². The van der Waals surface area contributed by atoms with Crippen LogP contribution < -0.4 is 5.73 Å². The van der Waals surface area contributed by atoms with Crippen LogP contribution in [0.4, 0.5) is 4.39 Å². The van der Waals surface area contributed by atoms with Crippen molar-refractivity contribution < 1.29 is 9.50 Å². The molecule has 0 aliphatic carbocycles. The van der Waals surface area contributed by atoms with Crippen LogP contribution in [0.5, 0.6) is 0 Å². The molecule has 0 aliphatic heterocycles. The highest BCUT2D eigenvalue weighted by atomic mass is 35.5. The summed E-state index contributed by atoms with van der Waals surface area (Å²) in [5.41, 5.74) is 4.92. The topological polar surface area (TPSA) is 46.2 Å². The molecule has 0 aliphatic rings. The molecule has 0 amide bonds. The van der Waals surface area contributed by atoms with Crippen LogP contribution in [0.25, 0.3) is 0 Å². The van der Waals surface area contributed by atoms with Crippen molar-refractivity contribution in [1.82, 2.24) is 0 Å². The van der Waals surface area contributed by atoms with Gasteiger partial charge in [-0.2, -0.15) is 0 Å². The molecule has 0 saturated heterocycles. The lowest BCUT2D eigenvalue weighted by atomic mass is 9.73. The van der Waals surface area contributed by atoms with E-state index in [1.807, 2.05) is 20.8 Å². The zero-order valence-electron chi connectivity index (χ0n) is 10.4. The lowest BCUT2D eigenvalue weighted by Crippen LogP contribution is -2.50. The molecular formula is C13H19ClFNO. The lowest BCUT2D eigenvalue weighted by Gasteiger charge is -2.39. The fraction of sp³-hybridized carbons (Fsp3) is 0.538. The van der Waals surface area contributed by atoms with Crippen LogP contribution in [0.3, 0.4) is 0 Å². The summed E-state index contributed by atoms with van der Waals surface area (Å²) < 4.78 is 12.9. The van der Waals surface area contributed by atoms with E-state index in [1.165, 1.54) is 12.1 Å². The molecule has 0 saturated carbocycles. The first-order chi connectivity index (χ1) is 7.69. The van der Waals surface area contributed by atoms with E-state index in [2.05, 4.69) is 0 Å². The van der Waals surface area contributed by atoms with Gasteiger partial charge in [-0.05, 0) is 23.1 Å². The van der Waals surface area contributed by atoms with E-state index in [4.69, 9.17) is 17.3 Å². The van der Waals surface area contributed by atoms with E-state index in [0.717, 1.165) is 0 Å². The standard InChI is InChI=1S/C13H19ClFNO/c1-12(2,3)13(17,8-16)7-9-4-5-10(15)6-11(9)14/h4-6,17H,7-8,16H2,1-3H3. The lowest BCUT2D eigenvalue weighted by molar-refractivity contribution is -0.0490. The van der Waals surface area contributed by atoms with Gasteiger partial charge in [-0.1, -0.05) is 38.4 Å². The van der Waals surface area contributed by atoms with Gasteiger partial charge in [-0.25, -0.2) is 4.39 Å². The number of halogens is 2. The zero-order chi connectivity index (χ0) is 13.3. The van der Waals surface area contributed by atoms with Gasteiger partial charge < -0.3 is 10.8 Å². The molecule has 1 rings (SSSR count). The van der Waals surface area contributed by atoms with E-state index >= 15 is 0 Å². The predicted octanol–water partition coefficient (Wildman–Crippen LogP) is 2.76. The van der Waals surface area contributed by atoms with E-state index < -0.39 is 5.60 Å². The second-order valence-corrected chi connectivity index (χ2v) is 5.81. The summed E-state index contributed by atoms with van der Waals surface area (Å²) in [5.74, 6) is -0.384. The van der Waals surface area contributed by atoms with Crippen molar-refractivity contribution in [2.24, 2.45) is 11.1 Å². The van der Waals surface area contributed by atoms with Crippen LogP contribution in [0.2, 0.25) is 5.02 Å². The van der Waals surface area contributed by atoms with Gasteiger partial charge in [0, 0.05) is 18.0 Å². The molecule has 96 valence electrons. The van der Waals surface area contributed by atoms with Crippen molar-refractivity contribution in [3.8, 4) is 0 Å². The first-order valence-electron chi connectivity index (χ1n) is 5.56. The highest BCUT2D eigenvalue weighted by molar-refractivity contribution is 6.31. The van der Waals surface area contributed by atoms with Crippen molar-refractivity contribution in [1.29, 1.82) is 0 Å². The molecule has 1 aromatic rings. The van der Waals surface area contributed by atoms with Crippen LogP contribution in [-0.4, -0.2) is 17.3 Å². The monoisotopic (exact) mass is 259 g/mol. The predicted molar refractivity (Wildman–Crippen MR) is 68.6 cm³/mol. The Labute approximate surface area is 107 Å². The fourth-order valence-corrected chi connectivity index (χ4v) is 1.86. The van der Waals surface area contributed by atoms with Crippen LogP contribution in [-0.2, 0) is 6.42 Å². The summed E-state index contributed by atoms with van der Waals surface area (Å²) in [5, 5.41) is 10.8. The Morgan fingerprint density at radius 2 is 1.94 bits per heavy atom. The number of hydrogen-bond acceptors (Lipinski definition) is 2. The molecule has 2 nitrogen and oxygen atoms in total. The maximum atomic E-state index is 12.9. The normalized spacial score (nSPS) is 15.7. The maximum absolute atomic E-state index is 12.9. The van der Waals surface area contributed by atoms with Crippen LogP contribution in [0.1, 0.15) is 26.3 Å². The first-order valence-corrected chi connectivity index (χ1v) is 5.94. The van der Waals surface area contributed by atoms with Crippen molar-refractivity contribution >= 4 is 11.6 Å². The van der Waals surface area contributed by atoms with Gasteiger partial charge in [-0.3, -0.25) is 0 Å². The molecule has 0 bridgehead atoms. The molecule has 0 aromatic heterocycles. The van der Waals surface area contributed by atoms with Crippen molar-refractivity contribution in [3.63, 3.8) is 0 Å². The van der Waals surface area contributed by atoms with Gasteiger partial charge in [0.2, 0.25) is 0 Å². The van der Waals surface area contributed by atoms with E-state index in [-0.39, 0.29) is 17.8 Å². The summed E-state index contributed by atoms with van der Waals surface area (Å²) in [6.45, 7) is 5.87. The molecular weight excluding hydrogens is 241 g/mol. The van der Waals surface area contributed by atoms with Gasteiger partial charge in [-0.15, -0.1) is 0 Å². The van der Waals surface area contributed by atoms with E-state index in [1.54, 1.807) is 6.07 Å². The van der Waals surface area contributed by atoms with E-state index in [9.17, 15) is 9.50 Å². The Morgan fingerprint density at radius 3 is 2.35 bits per heavy atom. The average Bonchev–Trinajstić information content (AvgIpc) is 2.20. The van der Waals surface area contributed by atoms with Crippen molar-refractivity contribution in [2.75, 3.05) is 6.54 Å². The molecule has 1 atom stereocenters. The Morgan fingerprint density at radius 1 is 1.35 bits per heavy atom. The third-order valence-electron chi connectivity index (χ3n) is 3.23. The fourth-order valence-electron chi connectivity index (χ4n) is 1.62. The highest BCUT2D eigenvalue weighted by Gasteiger charge is 2.39. The number of rotatable bonds is 3. The Kier molecular flexibility index (Phi) is 4.18. The minimum absolute atomic E-state index is 0.129. The Hall–Kier alpha value is -0.640. The largest absolute Gasteiger partial charge is 0.388 e. The summed E-state index contributed by atoms with van der Waals surface area (Å²) in [4.78, 5) is 0. The summed E-state index contributed by atoms with van der Waals surface area (Å²) in [6.07, 6.45) is 0.312. The molecule has 0 radical (unpaired) electrons. The Bertz CT molecular complexity index is 403. The molecule has 0 fully saturated rings. The molecule has 17 heavy (non-hydrogen) atoms. The van der Waals surface area contributed by atoms with Crippen LogP contribution >= 0.6 is 11.6 Å². The number of aliphatic hydroxyl groups is 1.